The van der Waals surface area contributed by atoms with Crippen LogP contribution in [0.1, 0.15) is 42.4 Å². The molecule has 0 amide bonds. The number of carbonyl (C=O) groups excluding carboxylic acids is 1. The molecule has 0 saturated carbocycles. The van der Waals surface area contributed by atoms with Crippen molar-refractivity contribution in [1.29, 1.82) is 5.41 Å². The SMILES string of the molecule is CNC1(C)CS(=O)C1.C[C@H](O)[C@H](C)Nc1cc(C=O)cnc1C(=N)c1cccc(OC(F)F)c1. The van der Waals surface area contributed by atoms with Gasteiger partial charge in [0.05, 0.1) is 17.5 Å². The number of aromatic nitrogens is 1. The van der Waals surface area contributed by atoms with E-state index in [0.717, 1.165) is 11.5 Å². The first kappa shape index (κ1) is 27.5. The maximum atomic E-state index is 12.4. The Labute approximate surface area is 200 Å². The van der Waals surface area contributed by atoms with Gasteiger partial charge >= 0.3 is 6.61 Å². The van der Waals surface area contributed by atoms with Gasteiger partial charge in [-0.1, -0.05) is 12.1 Å². The highest BCUT2D eigenvalue weighted by atomic mass is 32.2. The molecule has 3 rings (SSSR count). The number of aliphatic hydroxyl groups is 1. The summed E-state index contributed by atoms with van der Waals surface area (Å²) in [6.45, 7) is 2.47. The average molecular weight is 497 g/mol. The summed E-state index contributed by atoms with van der Waals surface area (Å²) in [5.41, 5.74) is 1.37. The van der Waals surface area contributed by atoms with Gasteiger partial charge in [0.2, 0.25) is 0 Å². The number of anilines is 1. The van der Waals surface area contributed by atoms with Crippen molar-refractivity contribution in [3.8, 4) is 5.75 Å². The molecule has 0 bridgehead atoms. The second-order valence-electron chi connectivity index (χ2n) is 8.28. The third-order valence-corrected chi connectivity index (χ3v) is 7.22. The van der Waals surface area contributed by atoms with Crippen LogP contribution in [-0.2, 0) is 10.8 Å². The van der Waals surface area contributed by atoms with Crippen LogP contribution in [-0.4, -0.2) is 69.1 Å². The zero-order valence-electron chi connectivity index (χ0n) is 19.5. The minimum absolute atomic E-state index is 0.0394. The van der Waals surface area contributed by atoms with E-state index in [1.165, 1.54) is 30.5 Å². The Morgan fingerprint density at radius 3 is 2.50 bits per heavy atom. The number of hydrogen-bond donors (Lipinski definition) is 4. The van der Waals surface area contributed by atoms with E-state index in [1.54, 1.807) is 19.9 Å². The molecule has 1 saturated heterocycles. The molecule has 34 heavy (non-hydrogen) atoms. The number of nitrogens with zero attached hydrogens (tertiary/aromatic N) is 1. The monoisotopic (exact) mass is 496 g/mol. The average Bonchev–Trinajstić information content (AvgIpc) is 2.77. The molecule has 0 radical (unpaired) electrons. The third kappa shape index (κ3) is 7.64. The fourth-order valence-corrected chi connectivity index (χ4v) is 4.62. The lowest BCUT2D eigenvalue weighted by atomic mass is 10.0. The molecule has 2 heterocycles. The lowest BCUT2D eigenvalue weighted by Crippen LogP contribution is -2.58. The Morgan fingerprint density at radius 1 is 1.32 bits per heavy atom. The number of hydrogen-bond acceptors (Lipinski definition) is 8. The van der Waals surface area contributed by atoms with Crippen molar-refractivity contribution in [2.24, 2.45) is 0 Å². The Kier molecular flexibility index (Phi) is 9.77. The maximum Gasteiger partial charge on any atom is 0.387 e. The Hall–Kier alpha value is -2.76. The second kappa shape index (κ2) is 12.1. The van der Waals surface area contributed by atoms with Crippen LogP contribution in [0.4, 0.5) is 14.5 Å². The molecular weight excluding hydrogens is 466 g/mol. The Bertz CT molecular complexity index is 1030. The van der Waals surface area contributed by atoms with Gasteiger partial charge in [0.25, 0.3) is 0 Å². The van der Waals surface area contributed by atoms with Crippen LogP contribution in [0.25, 0.3) is 0 Å². The lowest BCUT2D eigenvalue weighted by molar-refractivity contribution is -0.0498. The summed E-state index contributed by atoms with van der Waals surface area (Å²) in [5, 5.41) is 24.2. The molecule has 0 unspecified atom stereocenters. The number of aldehydes is 1. The van der Waals surface area contributed by atoms with E-state index in [0.29, 0.717) is 23.1 Å². The first-order chi connectivity index (χ1) is 16.0. The van der Waals surface area contributed by atoms with Crippen LogP contribution in [0.3, 0.4) is 0 Å². The van der Waals surface area contributed by atoms with Crippen molar-refractivity contribution in [3.63, 3.8) is 0 Å². The van der Waals surface area contributed by atoms with Gasteiger partial charge in [-0.2, -0.15) is 8.78 Å². The van der Waals surface area contributed by atoms with E-state index in [4.69, 9.17) is 5.41 Å². The molecule has 1 aromatic heterocycles. The van der Waals surface area contributed by atoms with Gasteiger partial charge in [0.1, 0.15) is 11.4 Å². The van der Waals surface area contributed by atoms with Crippen molar-refractivity contribution in [2.45, 2.75) is 45.1 Å². The fraction of sp³-hybridized carbons (Fsp3) is 0.435. The second-order valence-corrected chi connectivity index (χ2v) is 9.73. The predicted molar refractivity (Wildman–Crippen MR) is 129 cm³/mol. The minimum atomic E-state index is -2.96. The predicted octanol–water partition coefficient (Wildman–Crippen LogP) is 2.82. The van der Waals surface area contributed by atoms with Crippen molar-refractivity contribution in [2.75, 3.05) is 23.9 Å². The molecule has 1 fully saturated rings. The van der Waals surface area contributed by atoms with E-state index < -0.39 is 23.5 Å². The highest BCUT2D eigenvalue weighted by Crippen LogP contribution is 2.23. The number of benzene rings is 1. The summed E-state index contributed by atoms with van der Waals surface area (Å²) in [5.74, 6) is 1.58. The molecule has 0 spiro atoms. The number of pyridine rings is 1. The summed E-state index contributed by atoms with van der Waals surface area (Å²) in [6.07, 6.45) is 1.25. The van der Waals surface area contributed by atoms with E-state index in [9.17, 15) is 22.9 Å². The van der Waals surface area contributed by atoms with Gasteiger partial charge < -0.3 is 20.5 Å². The minimum Gasteiger partial charge on any atom is -0.435 e. The van der Waals surface area contributed by atoms with Crippen LogP contribution in [0.2, 0.25) is 0 Å². The molecule has 4 N–H and O–H groups in total. The van der Waals surface area contributed by atoms with E-state index >= 15 is 0 Å². The summed E-state index contributed by atoms with van der Waals surface area (Å²) in [4.78, 5) is 15.2. The summed E-state index contributed by atoms with van der Waals surface area (Å²) >= 11 is 0. The lowest BCUT2D eigenvalue weighted by Gasteiger charge is -2.36. The van der Waals surface area contributed by atoms with Gasteiger partial charge in [-0.05, 0) is 46.0 Å². The number of alkyl halides is 2. The van der Waals surface area contributed by atoms with Crippen molar-refractivity contribution in [3.05, 3.63) is 53.3 Å². The maximum absolute atomic E-state index is 12.4. The standard InChI is InChI=1S/C18H19F2N3O3.C5H11NOS/c1-10(11(2)25)23-15-6-12(9-24)8-22-17(15)16(21)13-4-3-5-14(7-13)26-18(19)20;1-5(6-2)3-8(7)4-5/h3-11,18,21,23,25H,1-2H3;6H,3-4H2,1-2H3/t10-,11-;/m0./s1. The van der Waals surface area contributed by atoms with Crippen molar-refractivity contribution in [1.82, 2.24) is 10.3 Å². The highest BCUT2D eigenvalue weighted by Gasteiger charge is 2.36. The van der Waals surface area contributed by atoms with Crippen LogP contribution in [0, 0.1) is 5.41 Å². The van der Waals surface area contributed by atoms with Crippen molar-refractivity contribution >= 4 is 28.5 Å². The Balaban J connectivity index is 0.000000430. The number of nitrogens with one attached hydrogen (secondary N) is 3. The van der Waals surface area contributed by atoms with Crippen LogP contribution < -0.4 is 15.4 Å². The van der Waals surface area contributed by atoms with Gasteiger partial charge in [-0.3, -0.25) is 19.4 Å². The number of ether oxygens (including phenoxy) is 1. The molecule has 8 nitrogen and oxygen atoms in total. The normalized spacial score (nSPS) is 20.9. The molecule has 11 heteroatoms. The molecular formula is C23H30F2N4O4S. The number of rotatable bonds is 9. The van der Waals surface area contributed by atoms with E-state index in [1.807, 2.05) is 7.05 Å². The first-order valence-corrected chi connectivity index (χ1v) is 12.0. The van der Waals surface area contributed by atoms with Crippen LogP contribution >= 0.6 is 0 Å². The largest absolute Gasteiger partial charge is 0.435 e. The molecule has 186 valence electrons. The van der Waals surface area contributed by atoms with Crippen LogP contribution in [0.15, 0.2) is 36.5 Å². The summed E-state index contributed by atoms with van der Waals surface area (Å²) in [6, 6.07) is 6.89. The van der Waals surface area contributed by atoms with Crippen LogP contribution in [0.5, 0.6) is 5.75 Å². The topological polar surface area (TPSA) is 124 Å². The molecule has 1 aromatic carbocycles. The van der Waals surface area contributed by atoms with Crippen molar-refractivity contribution < 1.29 is 27.6 Å². The van der Waals surface area contributed by atoms with E-state index in [-0.39, 0.29) is 28.7 Å². The van der Waals surface area contributed by atoms with Gasteiger partial charge in [0.15, 0.2) is 6.29 Å². The zero-order chi connectivity index (χ0) is 25.5. The number of aliphatic hydroxyl groups excluding tert-OH is 1. The summed E-state index contributed by atoms with van der Waals surface area (Å²) in [7, 11) is 1.39. The highest BCUT2D eigenvalue weighted by molar-refractivity contribution is 7.86. The van der Waals surface area contributed by atoms with Gasteiger partial charge in [-0.15, -0.1) is 0 Å². The molecule has 1 aliphatic rings. The van der Waals surface area contributed by atoms with Gasteiger partial charge in [-0.25, -0.2) is 0 Å². The molecule has 2 aromatic rings. The number of halogens is 2. The number of carbonyl (C=O) groups is 1. The molecule has 2 atom stereocenters. The molecule has 0 aliphatic carbocycles. The first-order valence-electron chi connectivity index (χ1n) is 10.6. The smallest absolute Gasteiger partial charge is 0.387 e. The fourth-order valence-electron chi connectivity index (χ4n) is 3.00. The van der Waals surface area contributed by atoms with Gasteiger partial charge in [0, 0.05) is 51.2 Å². The summed E-state index contributed by atoms with van der Waals surface area (Å²) < 4.78 is 39.7. The zero-order valence-corrected chi connectivity index (χ0v) is 20.3. The quantitative estimate of drug-likeness (QED) is 0.311. The molecule has 1 aliphatic heterocycles. The van der Waals surface area contributed by atoms with E-state index in [2.05, 4.69) is 27.3 Å². The Morgan fingerprint density at radius 2 is 2.00 bits per heavy atom. The third-order valence-electron chi connectivity index (χ3n) is 5.30.